The Balaban J connectivity index is 1.89. The molecule has 0 spiro atoms. The van der Waals surface area contributed by atoms with Crippen molar-refractivity contribution in [3.63, 3.8) is 0 Å². The van der Waals surface area contributed by atoms with Crippen molar-refractivity contribution in [2.75, 3.05) is 39.8 Å². The van der Waals surface area contributed by atoms with Crippen LogP contribution in [-0.2, 0) is 4.79 Å². The lowest BCUT2D eigenvalue weighted by atomic mass is 9.81. The number of carbonyl (C=O) groups excluding carboxylic acids is 1. The van der Waals surface area contributed by atoms with Gasteiger partial charge in [0.15, 0.2) is 0 Å². The Kier molecular flexibility index (Phi) is 6.62. The number of nitriles is 1. The highest BCUT2D eigenvalue weighted by Gasteiger charge is 2.39. The van der Waals surface area contributed by atoms with Gasteiger partial charge in [-0.25, -0.2) is 0 Å². The average molecular weight is 336 g/mol. The number of carbonyl (C=O) groups is 1. The molecule has 1 aliphatic carbocycles. The van der Waals surface area contributed by atoms with Crippen LogP contribution in [0.4, 0.5) is 0 Å². The Hall–Kier alpha value is -1.16. The maximum atomic E-state index is 12.7. The zero-order valence-corrected chi connectivity index (χ0v) is 15.4. The van der Waals surface area contributed by atoms with Crippen LogP contribution in [0, 0.1) is 11.3 Å². The van der Waals surface area contributed by atoms with Crippen LogP contribution in [0.5, 0.6) is 0 Å². The molecule has 1 saturated heterocycles. The number of piperazine rings is 1. The maximum absolute atomic E-state index is 12.7. The number of nitrogens with zero attached hydrogens (tertiary/aromatic N) is 4. The van der Waals surface area contributed by atoms with Gasteiger partial charge in [-0.1, -0.05) is 19.3 Å². The molecule has 2 unspecified atom stereocenters. The van der Waals surface area contributed by atoms with Crippen LogP contribution >= 0.6 is 0 Å². The summed E-state index contributed by atoms with van der Waals surface area (Å²) >= 11 is 0. The second kappa shape index (κ2) is 8.28. The lowest BCUT2D eigenvalue weighted by Gasteiger charge is -2.42. The summed E-state index contributed by atoms with van der Waals surface area (Å²) in [5, 5.41) is 19.2. The quantitative estimate of drug-likeness (QED) is 0.813. The molecule has 1 amide bonds. The number of likely N-dealkylation sites (N-methyl/N-ethyl adjacent to an activating group) is 1. The number of rotatable bonds is 5. The van der Waals surface area contributed by atoms with Crippen LogP contribution < -0.4 is 0 Å². The molecule has 0 aromatic rings. The Bertz CT molecular complexity index is 468. The van der Waals surface area contributed by atoms with Gasteiger partial charge in [0.05, 0.1) is 18.7 Å². The smallest absolute Gasteiger partial charge is 0.237 e. The van der Waals surface area contributed by atoms with Crippen molar-refractivity contribution in [3.8, 4) is 6.07 Å². The number of hydrogen-bond donors (Lipinski definition) is 1. The zero-order chi connectivity index (χ0) is 17.7. The van der Waals surface area contributed by atoms with Gasteiger partial charge < -0.3 is 10.0 Å². The molecule has 0 bridgehead atoms. The van der Waals surface area contributed by atoms with E-state index >= 15 is 0 Å². The van der Waals surface area contributed by atoms with Crippen molar-refractivity contribution in [2.45, 2.75) is 63.6 Å². The zero-order valence-electron chi connectivity index (χ0n) is 15.4. The summed E-state index contributed by atoms with van der Waals surface area (Å²) in [7, 11) is 1.80. The van der Waals surface area contributed by atoms with Gasteiger partial charge in [-0.3, -0.25) is 14.6 Å². The summed E-state index contributed by atoms with van der Waals surface area (Å²) in [5.41, 5.74) is -0.602. The first-order chi connectivity index (χ1) is 11.4. The summed E-state index contributed by atoms with van der Waals surface area (Å²) in [6.45, 7) is 7.53. The summed E-state index contributed by atoms with van der Waals surface area (Å²) in [6, 6.07) is 2.75. The second-order valence-electron chi connectivity index (χ2n) is 7.58. The first kappa shape index (κ1) is 19.2. The molecule has 2 atom stereocenters. The van der Waals surface area contributed by atoms with Crippen molar-refractivity contribution in [1.29, 1.82) is 5.26 Å². The average Bonchev–Trinajstić information content (AvgIpc) is 2.57. The predicted octanol–water partition coefficient (Wildman–Crippen LogP) is 1.06. The van der Waals surface area contributed by atoms with Gasteiger partial charge in [-0.15, -0.1) is 0 Å². The number of aliphatic hydroxyl groups excluding tert-OH is 1. The van der Waals surface area contributed by atoms with Crippen molar-refractivity contribution >= 4 is 5.91 Å². The molecule has 0 radical (unpaired) electrons. The van der Waals surface area contributed by atoms with E-state index in [1.54, 1.807) is 11.9 Å². The van der Waals surface area contributed by atoms with Crippen LogP contribution in [0.3, 0.4) is 0 Å². The molecule has 2 fully saturated rings. The number of hydrogen-bond acceptors (Lipinski definition) is 5. The largest absolute Gasteiger partial charge is 0.392 e. The van der Waals surface area contributed by atoms with E-state index in [0.717, 1.165) is 51.7 Å². The van der Waals surface area contributed by atoms with Crippen molar-refractivity contribution in [1.82, 2.24) is 14.7 Å². The second-order valence-corrected chi connectivity index (χ2v) is 7.58. The lowest BCUT2D eigenvalue weighted by Crippen LogP contribution is -2.57. The Labute approximate surface area is 146 Å². The summed E-state index contributed by atoms with van der Waals surface area (Å²) in [4.78, 5) is 18.9. The topological polar surface area (TPSA) is 70.8 Å². The normalized spacial score (nSPS) is 26.5. The summed E-state index contributed by atoms with van der Waals surface area (Å²) < 4.78 is 0. The molecule has 0 aromatic heterocycles. The fourth-order valence-electron chi connectivity index (χ4n) is 4.02. The lowest BCUT2D eigenvalue weighted by molar-refractivity contribution is -0.136. The van der Waals surface area contributed by atoms with E-state index in [4.69, 9.17) is 0 Å². The molecular weight excluding hydrogens is 304 g/mol. The maximum Gasteiger partial charge on any atom is 0.237 e. The van der Waals surface area contributed by atoms with E-state index in [9.17, 15) is 15.2 Å². The number of aliphatic hydroxyl groups is 1. The molecular formula is C18H32N4O2. The highest BCUT2D eigenvalue weighted by molar-refractivity contribution is 5.79. The Morgan fingerprint density at radius 2 is 2.04 bits per heavy atom. The SMILES string of the molecule is CC(O)CN1CCN(CC(=O)N(C)C2(C#N)CCCCC2)CC1C. The highest BCUT2D eigenvalue weighted by Crippen LogP contribution is 2.32. The minimum Gasteiger partial charge on any atom is -0.392 e. The van der Waals surface area contributed by atoms with Crippen LogP contribution in [0.2, 0.25) is 0 Å². The first-order valence-electron chi connectivity index (χ1n) is 9.20. The fourth-order valence-corrected chi connectivity index (χ4v) is 4.02. The van der Waals surface area contributed by atoms with E-state index < -0.39 is 5.54 Å². The molecule has 136 valence electrons. The third-order valence-electron chi connectivity index (χ3n) is 5.61. The molecule has 6 nitrogen and oxygen atoms in total. The number of amides is 1. The summed E-state index contributed by atoms with van der Waals surface area (Å²) in [6.07, 6.45) is 4.48. The van der Waals surface area contributed by atoms with Gasteiger partial charge >= 0.3 is 0 Å². The molecule has 1 N–H and O–H groups in total. The Morgan fingerprint density at radius 3 is 2.58 bits per heavy atom. The predicted molar refractivity (Wildman–Crippen MR) is 93.4 cm³/mol. The molecule has 1 heterocycles. The standard InChI is InChI=1S/C18H32N4O2/c1-15-11-21(9-10-22(15)12-16(2)23)13-17(24)20(3)18(14-19)7-5-4-6-8-18/h15-16,23H,4-13H2,1-3H3. The number of β-amino-alcohol motifs (C(OH)–C–C–N with tert-alkyl or cyclic N) is 1. The van der Waals surface area contributed by atoms with E-state index in [1.807, 2.05) is 6.92 Å². The van der Waals surface area contributed by atoms with Gasteiger partial charge in [-0.05, 0) is 26.7 Å². The van der Waals surface area contributed by atoms with Gasteiger partial charge in [0.2, 0.25) is 5.91 Å². The molecule has 0 aromatic carbocycles. The van der Waals surface area contributed by atoms with Crippen LogP contribution in [-0.4, -0.2) is 83.2 Å². The van der Waals surface area contributed by atoms with Gasteiger partial charge in [-0.2, -0.15) is 5.26 Å². The van der Waals surface area contributed by atoms with Gasteiger partial charge in [0.25, 0.3) is 0 Å². The van der Waals surface area contributed by atoms with Crippen LogP contribution in [0.1, 0.15) is 46.0 Å². The summed E-state index contributed by atoms with van der Waals surface area (Å²) in [5.74, 6) is 0.0506. The third kappa shape index (κ3) is 4.47. The molecule has 1 saturated carbocycles. The third-order valence-corrected chi connectivity index (χ3v) is 5.61. The molecule has 24 heavy (non-hydrogen) atoms. The van der Waals surface area contributed by atoms with E-state index in [2.05, 4.69) is 22.8 Å². The van der Waals surface area contributed by atoms with E-state index in [-0.39, 0.29) is 12.0 Å². The first-order valence-corrected chi connectivity index (χ1v) is 9.20. The van der Waals surface area contributed by atoms with Crippen molar-refractivity contribution in [3.05, 3.63) is 0 Å². The Morgan fingerprint density at radius 1 is 1.38 bits per heavy atom. The molecule has 6 heteroatoms. The fraction of sp³-hybridized carbons (Fsp3) is 0.889. The van der Waals surface area contributed by atoms with E-state index in [0.29, 0.717) is 19.1 Å². The van der Waals surface area contributed by atoms with Crippen molar-refractivity contribution < 1.29 is 9.90 Å². The minimum absolute atomic E-state index is 0.0506. The van der Waals surface area contributed by atoms with Crippen molar-refractivity contribution in [2.24, 2.45) is 0 Å². The van der Waals surface area contributed by atoms with Crippen LogP contribution in [0.15, 0.2) is 0 Å². The van der Waals surface area contributed by atoms with Gasteiger partial charge in [0, 0.05) is 39.3 Å². The van der Waals surface area contributed by atoms with E-state index in [1.165, 1.54) is 0 Å². The highest BCUT2D eigenvalue weighted by atomic mass is 16.3. The van der Waals surface area contributed by atoms with Gasteiger partial charge in [0.1, 0.15) is 5.54 Å². The monoisotopic (exact) mass is 336 g/mol. The molecule has 2 aliphatic rings. The minimum atomic E-state index is -0.602. The molecule has 2 rings (SSSR count). The molecule has 1 aliphatic heterocycles. The van der Waals surface area contributed by atoms with Crippen LogP contribution in [0.25, 0.3) is 0 Å².